The van der Waals surface area contributed by atoms with Gasteiger partial charge in [0.2, 0.25) is 0 Å². The SMILES string of the molecule is CCN(C(=O)c1cn[nH]c1)c1ccc(C)cc1. The first-order valence-electron chi connectivity index (χ1n) is 5.59. The number of carbonyl (C=O) groups excluding carboxylic acids is 1. The Balaban J connectivity index is 2.28. The molecule has 17 heavy (non-hydrogen) atoms. The van der Waals surface area contributed by atoms with Gasteiger partial charge in [-0.15, -0.1) is 0 Å². The number of rotatable bonds is 3. The van der Waals surface area contributed by atoms with Crippen LogP contribution in [0.15, 0.2) is 36.7 Å². The fraction of sp³-hybridized carbons (Fsp3) is 0.231. The standard InChI is InChI=1S/C13H15N3O/c1-3-16(12-6-4-10(2)5-7-12)13(17)11-8-14-15-9-11/h4-9H,3H2,1-2H3,(H,14,15). The molecule has 1 N–H and O–H groups in total. The van der Waals surface area contributed by atoms with Gasteiger partial charge in [0, 0.05) is 18.4 Å². The molecule has 1 aromatic carbocycles. The zero-order chi connectivity index (χ0) is 12.3. The quantitative estimate of drug-likeness (QED) is 0.878. The number of hydrogen-bond acceptors (Lipinski definition) is 2. The van der Waals surface area contributed by atoms with Crippen molar-refractivity contribution in [2.75, 3.05) is 11.4 Å². The van der Waals surface area contributed by atoms with E-state index in [4.69, 9.17) is 0 Å². The van der Waals surface area contributed by atoms with Crippen LogP contribution in [0.1, 0.15) is 22.8 Å². The van der Waals surface area contributed by atoms with Crippen molar-refractivity contribution in [2.45, 2.75) is 13.8 Å². The molecule has 1 amide bonds. The number of aromatic amines is 1. The fourth-order valence-corrected chi connectivity index (χ4v) is 1.69. The van der Waals surface area contributed by atoms with E-state index in [1.54, 1.807) is 17.3 Å². The summed E-state index contributed by atoms with van der Waals surface area (Å²) in [6, 6.07) is 7.91. The number of amides is 1. The third-order valence-electron chi connectivity index (χ3n) is 2.65. The topological polar surface area (TPSA) is 49.0 Å². The van der Waals surface area contributed by atoms with E-state index in [2.05, 4.69) is 10.2 Å². The van der Waals surface area contributed by atoms with Crippen LogP contribution in [0.5, 0.6) is 0 Å². The molecule has 0 saturated heterocycles. The molecule has 0 unspecified atom stereocenters. The maximum absolute atomic E-state index is 12.2. The van der Waals surface area contributed by atoms with E-state index in [1.165, 1.54) is 5.56 Å². The molecule has 88 valence electrons. The molecule has 0 bridgehead atoms. The van der Waals surface area contributed by atoms with Crippen LogP contribution in [0.2, 0.25) is 0 Å². The first-order chi connectivity index (χ1) is 8.22. The van der Waals surface area contributed by atoms with Gasteiger partial charge in [-0.05, 0) is 26.0 Å². The molecule has 0 fully saturated rings. The maximum atomic E-state index is 12.2. The van der Waals surface area contributed by atoms with E-state index in [9.17, 15) is 4.79 Å². The van der Waals surface area contributed by atoms with Crippen LogP contribution in [0.4, 0.5) is 5.69 Å². The lowest BCUT2D eigenvalue weighted by Crippen LogP contribution is -2.30. The monoisotopic (exact) mass is 229 g/mol. The largest absolute Gasteiger partial charge is 0.309 e. The molecule has 0 aliphatic rings. The first-order valence-corrected chi connectivity index (χ1v) is 5.59. The molecule has 4 nitrogen and oxygen atoms in total. The number of H-pyrrole nitrogens is 1. The Morgan fingerprint density at radius 3 is 2.59 bits per heavy atom. The smallest absolute Gasteiger partial charge is 0.261 e. The van der Waals surface area contributed by atoms with Crippen LogP contribution >= 0.6 is 0 Å². The summed E-state index contributed by atoms with van der Waals surface area (Å²) >= 11 is 0. The van der Waals surface area contributed by atoms with Crippen molar-refractivity contribution < 1.29 is 4.79 Å². The Labute approximate surface area is 100 Å². The second-order valence-electron chi connectivity index (χ2n) is 3.87. The minimum Gasteiger partial charge on any atom is -0.309 e. The molecule has 2 rings (SSSR count). The highest BCUT2D eigenvalue weighted by Crippen LogP contribution is 2.17. The number of anilines is 1. The molecule has 0 atom stereocenters. The fourth-order valence-electron chi connectivity index (χ4n) is 1.69. The van der Waals surface area contributed by atoms with Gasteiger partial charge in [0.25, 0.3) is 5.91 Å². The summed E-state index contributed by atoms with van der Waals surface area (Å²) < 4.78 is 0. The lowest BCUT2D eigenvalue weighted by molar-refractivity contribution is 0.0988. The van der Waals surface area contributed by atoms with E-state index >= 15 is 0 Å². The first kappa shape index (κ1) is 11.4. The molecule has 0 saturated carbocycles. The van der Waals surface area contributed by atoms with E-state index in [1.807, 2.05) is 38.1 Å². The molecule has 1 heterocycles. The van der Waals surface area contributed by atoms with Crippen LogP contribution < -0.4 is 4.90 Å². The van der Waals surface area contributed by atoms with Crippen molar-refractivity contribution in [1.29, 1.82) is 0 Å². The number of benzene rings is 1. The number of aryl methyl sites for hydroxylation is 1. The summed E-state index contributed by atoms with van der Waals surface area (Å²) in [5.74, 6) is -0.0369. The van der Waals surface area contributed by atoms with Gasteiger partial charge in [-0.25, -0.2) is 0 Å². The lowest BCUT2D eigenvalue weighted by Gasteiger charge is -2.20. The van der Waals surface area contributed by atoms with E-state index < -0.39 is 0 Å². The van der Waals surface area contributed by atoms with Crippen LogP contribution in [-0.4, -0.2) is 22.6 Å². The average molecular weight is 229 g/mol. The third-order valence-corrected chi connectivity index (χ3v) is 2.65. The van der Waals surface area contributed by atoms with Gasteiger partial charge in [-0.3, -0.25) is 9.89 Å². The Morgan fingerprint density at radius 2 is 2.06 bits per heavy atom. The third kappa shape index (κ3) is 2.36. The molecule has 2 aromatic rings. The van der Waals surface area contributed by atoms with Gasteiger partial charge < -0.3 is 4.90 Å². The summed E-state index contributed by atoms with van der Waals surface area (Å²) in [4.78, 5) is 13.9. The minimum absolute atomic E-state index is 0.0369. The van der Waals surface area contributed by atoms with Gasteiger partial charge in [0.1, 0.15) is 0 Å². The van der Waals surface area contributed by atoms with Gasteiger partial charge >= 0.3 is 0 Å². The second kappa shape index (κ2) is 4.82. The van der Waals surface area contributed by atoms with E-state index in [0.717, 1.165) is 5.69 Å². The highest BCUT2D eigenvalue weighted by atomic mass is 16.2. The molecule has 1 aromatic heterocycles. The van der Waals surface area contributed by atoms with Crippen LogP contribution in [-0.2, 0) is 0 Å². The highest BCUT2D eigenvalue weighted by molar-refractivity contribution is 6.05. The number of aromatic nitrogens is 2. The Hall–Kier alpha value is -2.10. The average Bonchev–Trinajstić information content (AvgIpc) is 2.86. The highest BCUT2D eigenvalue weighted by Gasteiger charge is 2.16. The number of nitrogens with one attached hydrogen (secondary N) is 1. The molecule has 0 spiro atoms. The van der Waals surface area contributed by atoms with Crippen LogP contribution in [0.3, 0.4) is 0 Å². The molecular formula is C13H15N3O. The number of carbonyl (C=O) groups is 1. The maximum Gasteiger partial charge on any atom is 0.261 e. The summed E-state index contributed by atoms with van der Waals surface area (Å²) in [6.07, 6.45) is 3.15. The van der Waals surface area contributed by atoms with Gasteiger partial charge in [0.05, 0.1) is 11.8 Å². The molecule has 0 aliphatic heterocycles. The summed E-state index contributed by atoms with van der Waals surface area (Å²) in [5, 5.41) is 6.45. The predicted octanol–water partition coefficient (Wildman–Crippen LogP) is 2.38. The lowest BCUT2D eigenvalue weighted by atomic mass is 10.2. The summed E-state index contributed by atoms with van der Waals surface area (Å²) in [7, 11) is 0. The number of hydrogen-bond donors (Lipinski definition) is 1. The van der Waals surface area contributed by atoms with Gasteiger partial charge in [-0.2, -0.15) is 5.10 Å². The zero-order valence-electron chi connectivity index (χ0n) is 9.97. The summed E-state index contributed by atoms with van der Waals surface area (Å²) in [5.41, 5.74) is 2.66. The molecule has 0 radical (unpaired) electrons. The van der Waals surface area contributed by atoms with Crippen molar-refractivity contribution >= 4 is 11.6 Å². The van der Waals surface area contributed by atoms with Crippen molar-refractivity contribution in [3.8, 4) is 0 Å². The minimum atomic E-state index is -0.0369. The van der Waals surface area contributed by atoms with E-state index in [0.29, 0.717) is 12.1 Å². The molecule has 0 aliphatic carbocycles. The molecular weight excluding hydrogens is 214 g/mol. The van der Waals surface area contributed by atoms with E-state index in [-0.39, 0.29) is 5.91 Å². The normalized spacial score (nSPS) is 10.2. The van der Waals surface area contributed by atoms with Gasteiger partial charge in [0.15, 0.2) is 0 Å². The Kier molecular flexibility index (Phi) is 3.23. The van der Waals surface area contributed by atoms with Crippen molar-refractivity contribution in [3.05, 3.63) is 47.8 Å². The van der Waals surface area contributed by atoms with Crippen molar-refractivity contribution in [3.63, 3.8) is 0 Å². The van der Waals surface area contributed by atoms with Crippen LogP contribution in [0, 0.1) is 6.92 Å². The van der Waals surface area contributed by atoms with Gasteiger partial charge in [-0.1, -0.05) is 17.7 Å². The van der Waals surface area contributed by atoms with Crippen LogP contribution in [0.25, 0.3) is 0 Å². The second-order valence-corrected chi connectivity index (χ2v) is 3.87. The molecule has 4 heteroatoms. The number of nitrogens with zero attached hydrogens (tertiary/aromatic N) is 2. The zero-order valence-corrected chi connectivity index (χ0v) is 9.97. The van der Waals surface area contributed by atoms with Crippen molar-refractivity contribution in [2.24, 2.45) is 0 Å². The summed E-state index contributed by atoms with van der Waals surface area (Å²) in [6.45, 7) is 4.61. The Morgan fingerprint density at radius 1 is 1.35 bits per heavy atom. The van der Waals surface area contributed by atoms with Crippen molar-refractivity contribution in [1.82, 2.24) is 10.2 Å². The Bertz CT molecular complexity index is 488. The predicted molar refractivity (Wildman–Crippen MR) is 67.1 cm³/mol.